The monoisotopic (exact) mass is 377 g/mol. The fourth-order valence-electron chi connectivity index (χ4n) is 3.19. The van der Waals surface area contributed by atoms with Crippen molar-refractivity contribution in [3.8, 4) is 11.5 Å². The van der Waals surface area contributed by atoms with Gasteiger partial charge in [0.2, 0.25) is 12.7 Å². The number of rotatable bonds is 9. The number of fused-ring (bicyclic) bond motifs is 1. The molecule has 0 N–H and O–H groups in total. The lowest BCUT2D eigenvalue weighted by atomic mass is 9.89. The normalized spacial score (nSPS) is 14.0. The molecule has 150 valence electrons. The van der Waals surface area contributed by atoms with Crippen LogP contribution in [0.4, 0.5) is 0 Å². The predicted molar refractivity (Wildman–Crippen MR) is 103 cm³/mol. The number of nitrogens with zero attached hydrogens (tertiary/aromatic N) is 1. The zero-order valence-corrected chi connectivity index (χ0v) is 17.0. The lowest BCUT2D eigenvalue weighted by molar-refractivity contribution is -0.148. The number of esters is 1. The van der Waals surface area contributed by atoms with Crippen molar-refractivity contribution < 1.29 is 23.8 Å². The fourth-order valence-corrected chi connectivity index (χ4v) is 3.19. The van der Waals surface area contributed by atoms with Crippen LogP contribution < -0.4 is 9.47 Å². The molecule has 6 heteroatoms. The maximum atomic E-state index is 12.9. The summed E-state index contributed by atoms with van der Waals surface area (Å²) in [6, 6.07) is 5.95. The zero-order valence-electron chi connectivity index (χ0n) is 17.0. The Kier molecular flexibility index (Phi) is 7.11. The minimum Gasteiger partial charge on any atom is -0.465 e. The molecule has 2 rings (SSSR count). The van der Waals surface area contributed by atoms with Crippen LogP contribution in [-0.2, 0) is 20.7 Å². The minimum atomic E-state index is -0.395. The van der Waals surface area contributed by atoms with Crippen molar-refractivity contribution in [2.24, 2.45) is 5.41 Å². The van der Waals surface area contributed by atoms with Crippen molar-refractivity contribution >= 4 is 11.9 Å². The van der Waals surface area contributed by atoms with E-state index in [0.29, 0.717) is 19.4 Å². The Balaban J connectivity index is 1.95. The van der Waals surface area contributed by atoms with E-state index in [1.54, 1.807) is 6.92 Å². The van der Waals surface area contributed by atoms with Gasteiger partial charge in [0.25, 0.3) is 0 Å². The summed E-state index contributed by atoms with van der Waals surface area (Å²) in [5.41, 5.74) is 0.711. The van der Waals surface area contributed by atoms with Crippen molar-refractivity contribution in [2.45, 2.75) is 59.9 Å². The molecule has 1 atom stereocenters. The molecule has 0 bridgehead atoms. The maximum Gasteiger partial charge on any atom is 0.305 e. The molecule has 1 aliphatic rings. The molecule has 1 aromatic rings. The van der Waals surface area contributed by atoms with Gasteiger partial charge < -0.3 is 19.1 Å². The topological polar surface area (TPSA) is 65.1 Å². The van der Waals surface area contributed by atoms with Crippen molar-refractivity contribution in [3.63, 3.8) is 0 Å². The van der Waals surface area contributed by atoms with Crippen LogP contribution in [0, 0.1) is 5.41 Å². The van der Waals surface area contributed by atoms with Gasteiger partial charge in [-0.25, -0.2) is 0 Å². The summed E-state index contributed by atoms with van der Waals surface area (Å²) in [6.07, 6.45) is 1.42. The quantitative estimate of drug-likeness (QED) is 0.616. The van der Waals surface area contributed by atoms with Crippen LogP contribution in [0.2, 0.25) is 0 Å². The number of carbonyl (C=O) groups is 2. The van der Waals surface area contributed by atoms with Crippen LogP contribution in [0.3, 0.4) is 0 Å². The van der Waals surface area contributed by atoms with Crippen LogP contribution >= 0.6 is 0 Å². The second kappa shape index (κ2) is 9.11. The Hall–Kier alpha value is -2.24. The molecule has 0 radical (unpaired) electrons. The van der Waals surface area contributed by atoms with Gasteiger partial charge in [0.15, 0.2) is 11.5 Å². The lowest BCUT2D eigenvalue weighted by Gasteiger charge is -2.32. The fraction of sp³-hybridized carbons (Fsp3) is 0.619. The molecular weight excluding hydrogens is 346 g/mol. The molecule has 1 amide bonds. The van der Waals surface area contributed by atoms with Gasteiger partial charge in [0.05, 0.1) is 6.61 Å². The van der Waals surface area contributed by atoms with Crippen molar-refractivity contribution in [1.82, 2.24) is 4.90 Å². The van der Waals surface area contributed by atoms with E-state index in [4.69, 9.17) is 14.2 Å². The molecule has 0 saturated carbocycles. The molecule has 0 fully saturated rings. The molecule has 1 aromatic carbocycles. The molecule has 0 aromatic heterocycles. The molecule has 1 heterocycles. The number of likely N-dealkylation sites (N-methyl/N-ethyl adjacent to an activating group) is 1. The molecule has 27 heavy (non-hydrogen) atoms. The first-order valence-electron chi connectivity index (χ1n) is 9.59. The first kappa shape index (κ1) is 21.1. The summed E-state index contributed by atoms with van der Waals surface area (Å²) >= 11 is 0. The van der Waals surface area contributed by atoms with Crippen LogP contribution in [0.5, 0.6) is 11.5 Å². The smallest absolute Gasteiger partial charge is 0.305 e. The maximum absolute atomic E-state index is 12.9. The summed E-state index contributed by atoms with van der Waals surface area (Å²) < 4.78 is 16.0. The van der Waals surface area contributed by atoms with E-state index in [2.05, 4.69) is 6.92 Å². The largest absolute Gasteiger partial charge is 0.465 e. The minimum absolute atomic E-state index is 0.0527. The second-order valence-electron chi connectivity index (χ2n) is 7.78. The van der Waals surface area contributed by atoms with Gasteiger partial charge in [-0.1, -0.05) is 26.8 Å². The Labute approximate surface area is 161 Å². The highest BCUT2D eigenvalue weighted by molar-refractivity contribution is 5.77. The van der Waals surface area contributed by atoms with Gasteiger partial charge in [-0.05, 0) is 38.0 Å². The molecule has 0 aliphatic carbocycles. The van der Waals surface area contributed by atoms with E-state index < -0.39 is 5.41 Å². The molecule has 6 nitrogen and oxygen atoms in total. The van der Waals surface area contributed by atoms with Crippen LogP contribution in [0.1, 0.15) is 53.0 Å². The van der Waals surface area contributed by atoms with Crippen LogP contribution in [0.25, 0.3) is 0 Å². The lowest BCUT2D eigenvalue weighted by Crippen LogP contribution is -2.42. The third-order valence-electron chi connectivity index (χ3n) is 4.70. The summed E-state index contributed by atoms with van der Waals surface area (Å²) in [5, 5.41) is 0. The third-order valence-corrected chi connectivity index (χ3v) is 4.70. The van der Waals surface area contributed by atoms with Gasteiger partial charge in [-0.2, -0.15) is 0 Å². The summed E-state index contributed by atoms with van der Waals surface area (Å²) in [4.78, 5) is 26.1. The van der Waals surface area contributed by atoms with Crippen LogP contribution in [0.15, 0.2) is 18.2 Å². The second-order valence-corrected chi connectivity index (χ2v) is 7.78. The van der Waals surface area contributed by atoms with Crippen LogP contribution in [-0.4, -0.2) is 42.8 Å². The van der Waals surface area contributed by atoms with Gasteiger partial charge in [0.1, 0.15) is 0 Å². The van der Waals surface area contributed by atoms with Crippen molar-refractivity contribution in [1.29, 1.82) is 0 Å². The Bertz CT molecular complexity index is 671. The average Bonchev–Trinajstić information content (AvgIpc) is 3.07. The Morgan fingerprint density at radius 2 is 1.93 bits per heavy atom. The van der Waals surface area contributed by atoms with E-state index in [0.717, 1.165) is 23.5 Å². The van der Waals surface area contributed by atoms with Crippen molar-refractivity contribution in [2.75, 3.05) is 19.9 Å². The Morgan fingerprint density at radius 3 is 2.59 bits per heavy atom. The third kappa shape index (κ3) is 5.88. The zero-order chi connectivity index (χ0) is 20.0. The SMILES string of the molecule is CCC(=O)OCC(C)(C)CC(=O)N(CC)C(C)Cc1ccc2c(c1)OCO2. The summed E-state index contributed by atoms with van der Waals surface area (Å²) in [5.74, 6) is 1.36. The number of hydrogen-bond acceptors (Lipinski definition) is 5. The summed E-state index contributed by atoms with van der Waals surface area (Å²) in [6.45, 7) is 10.8. The molecule has 1 unspecified atom stereocenters. The predicted octanol–water partition coefficient (Wildman–Crippen LogP) is 3.56. The number of carbonyl (C=O) groups excluding carboxylic acids is 2. The standard InChI is InChI=1S/C21H31NO5/c1-6-20(24)25-13-21(4,5)12-19(23)22(7-2)15(3)10-16-8-9-17-18(11-16)27-14-26-17/h8-9,11,15H,6-7,10,12-14H2,1-5H3. The van der Waals surface area contributed by atoms with Gasteiger partial charge in [-0.15, -0.1) is 0 Å². The number of amides is 1. The average molecular weight is 377 g/mol. The van der Waals surface area contributed by atoms with E-state index in [-0.39, 0.29) is 31.3 Å². The number of hydrogen-bond donors (Lipinski definition) is 0. The summed E-state index contributed by atoms with van der Waals surface area (Å²) in [7, 11) is 0. The van der Waals surface area contributed by atoms with Gasteiger partial charge >= 0.3 is 5.97 Å². The molecule has 0 saturated heterocycles. The highest BCUT2D eigenvalue weighted by Crippen LogP contribution is 2.33. The molecule has 1 aliphatic heterocycles. The molecule has 0 spiro atoms. The van der Waals surface area contributed by atoms with Gasteiger partial charge in [-0.3, -0.25) is 9.59 Å². The van der Waals surface area contributed by atoms with Gasteiger partial charge in [0, 0.05) is 30.8 Å². The number of benzene rings is 1. The highest BCUT2D eigenvalue weighted by Gasteiger charge is 2.28. The molecular formula is C21H31NO5. The first-order valence-corrected chi connectivity index (χ1v) is 9.59. The Morgan fingerprint density at radius 1 is 1.22 bits per heavy atom. The number of ether oxygens (including phenoxy) is 3. The first-order chi connectivity index (χ1) is 12.8. The van der Waals surface area contributed by atoms with Crippen molar-refractivity contribution in [3.05, 3.63) is 23.8 Å². The van der Waals surface area contributed by atoms with E-state index in [1.807, 2.05) is 43.9 Å². The highest BCUT2D eigenvalue weighted by atomic mass is 16.7. The van der Waals surface area contributed by atoms with E-state index in [1.165, 1.54) is 0 Å². The van der Waals surface area contributed by atoms with E-state index in [9.17, 15) is 9.59 Å². The van der Waals surface area contributed by atoms with E-state index >= 15 is 0 Å².